The summed E-state index contributed by atoms with van der Waals surface area (Å²) < 4.78 is 0. The van der Waals surface area contributed by atoms with Crippen molar-refractivity contribution in [1.29, 1.82) is 0 Å². The molecule has 0 radical (unpaired) electrons. The van der Waals surface area contributed by atoms with Crippen molar-refractivity contribution in [2.24, 2.45) is 5.16 Å². The van der Waals surface area contributed by atoms with Gasteiger partial charge in [-0.3, -0.25) is 9.59 Å². The first-order valence-electron chi connectivity index (χ1n) is 4.21. The monoisotopic (exact) mass is 243 g/mol. The van der Waals surface area contributed by atoms with E-state index in [1.54, 1.807) is 5.38 Å². The van der Waals surface area contributed by atoms with E-state index in [0.717, 1.165) is 0 Å². The maximum Gasteiger partial charge on any atom is 0.306 e. The van der Waals surface area contributed by atoms with E-state index in [1.807, 2.05) is 0 Å². The second-order valence-electron chi connectivity index (χ2n) is 2.64. The number of anilines is 1. The Morgan fingerprint density at radius 3 is 3.00 bits per heavy atom. The molecule has 16 heavy (non-hydrogen) atoms. The Morgan fingerprint density at radius 1 is 1.75 bits per heavy atom. The van der Waals surface area contributed by atoms with Gasteiger partial charge in [0.1, 0.15) is 12.3 Å². The summed E-state index contributed by atoms with van der Waals surface area (Å²) in [6, 6.07) is 0. The predicted molar refractivity (Wildman–Crippen MR) is 57.3 cm³/mol. The van der Waals surface area contributed by atoms with Gasteiger partial charge in [0.15, 0.2) is 17.1 Å². The van der Waals surface area contributed by atoms with E-state index >= 15 is 0 Å². The van der Waals surface area contributed by atoms with Crippen molar-refractivity contribution in [3.05, 3.63) is 11.1 Å². The van der Waals surface area contributed by atoms with Gasteiger partial charge in [-0.15, -0.1) is 11.3 Å². The first kappa shape index (κ1) is 12.1. The smallest absolute Gasteiger partial charge is 0.306 e. The highest BCUT2D eigenvalue weighted by Gasteiger charge is 2.07. The molecule has 0 fully saturated rings. The van der Waals surface area contributed by atoms with Crippen LogP contribution in [-0.2, 0) is 14.4 Å². The minimum absolute atomic E-state index is 0.0154. The number of aldehydes is 1. The van der Waals surface area contributed by atoms with Gasteiger partial charge >= 0.3 is 5.97 Å². The number of carbonyl (C=O) groups is 2. The summed E-state index contributed by atoms with van der Waals surface area (Å²) in [6.07, 6.45) is 0.282. The van der Waals surface area contributed by atoms with Crippen LogP contribution < -0.4 is 5.73 Å². The molecule has 1 aromatic rings. The molecule has 1 aromatic heterocycles. The van der Waals surface area contributed by atoms with Crippen LogP contribution in [0.1, 0.15) is 12.1 Å². The molecule has 1 heterocycles. The predicted octanol–water partition coefficient (Wildman–Crippen LogP) is 0.120. The van der Waals surface area contributed by atoms with E-state index in [2.05, 4.69) is 15.0 Å². The van der Waals surface area contributed by atoms with E-state index in [0.29, 0.717) is 17.1 Å². The summed E-state index contributed by atoms with van der Waals surface area (Å²) in [5, 5.41) is 13.7. The van der Waals surface area contributed by atoms with Gasteiger partial charge in [-0.1, -0.05) is 5.16 Å². The molecule has 0 spiro atoms. The number of nitrogens with zero attached hydrogens (tertiary/aromatic N) is 2. The largest absolute Gasteiger partial charge is 0.481 e. The number of nitrogens with two attached hydrogens (primary N) is 1. The molecular formula is C8H9N3O4S. The highest BCUT2D eigenvalue weighted by molar-refractivity contribution is 7.13. The van der Waals surface area contributed by atoms with Gasteiger partial charge in [-0.25, -0.2) is 4.98 Å². The van der Waals surface area contributed by atoms with Crippen molar-refractivity contribution in [2.45, 2.75) is 6.42 Å². The summed E-state index contributed by atoms with van der Waals surface area (Å²) in [5.41, 5.74) is 5.68. The Morgan fingerprint density at radius 2 is 2.50 bits per heavy atom. The second-order valence-corrected chi connectivity index (χ2v) is 3.53. The van der Waals surface area contributed by atoms with Crippen molar-refractivity contribution in [1.82, 2.24) is 4.98 Å². The van der Waals surface area contributed by atoms with Crippen LogP contribution in [0.3, 0.4) is 0 Å². The SMILES string of the molecule is Nc1nc(/C(C=O)=N/OCCC(=O)O)cs1. The first-order chi connectivity index (χ1) is 7.63. The zero-order valence-electron chi connectivity index (χ0n) is 8.12. The first-order valence-corrected chi connectivity index (χ1v) is 5.09. The molecule has 1 rings (SSSR count). The lowest BCUT2D eigenvalue weighted by molar-refractivity contribution is -0.138. The molecule has 0 aliphatic heterocycles. The molecule has 0 aliphatic rings. The molecule has 86 valence electrons. The minimum atomic E-state index is -0.999. The summed E-state index contributed by atoms with van der Waals surface area (Å²) in [5.74, 6) is -0.999. The topological polar surface area (TPSA) is 115 Å². The zero-order valence-corrected chi connectivity index (χ0v) is 8.94. The Hall–Kier alpha value is -1.96. The Bertz CT molecular complexity index is 415. The van der Waals surface area contributed by atoms with Crippen LogP contribution in [0.5, 0.6) is 0 Å². The van der Waals surface area contributed by atoms with E-state index in [1.165, 1.54) is 11.3 Å². The molecule has 0 unspecified atom stereocenters. The minimum Gasteiger partial charge on any atom is -0.481 e. The van der Waals surface area contributed by atoms with Crippen LogP contribution >= 0.6 is 11.3 Å². The number of hydrogen-bond acceptors (Lipinski definition) is 7. The quantitative estimate of drug-likeness (QED) is 0.317. The van der Waals surface area contributed by atoms with Crippen LogP contribution in [-0.4, -0.2) is 34.7 Å². The van der Waals surface area contributed by atoms with Crippen LogP contribution in [0.4, 0.5) is 5.13 Å². The number of aromatic nitrogens is 1. The maximum atomic E-state index is 10.6. The molecule has 0 aromatic carbocycles. The molecule has 0 amide bonds. The molecule has 7 nitrogen and oxygen atoms in total. The molecule has 0 atom stereocenters. The number of carbonyl (C=O) groups excluding carboxylic acids is 1. The summed E-state index contributed by atoms with van der Waals surface area (Å²) >= 11 is 1.17. The average molecular weight is 243 g/mol. The highest BCUT2D eigenvalue weighted by Crippen LogP contribution is 2.11. The van der Waals surface area contributed by atoms with Gasteiger partial charge in [0.05, 0.1) is 6.42 Å². The normalized spacial score (nSPS) is 11.1. The van der Waals surface area contributed by atoms with Crippen LogP contribution in [0, 0.1) is 0 Å². The molecular weight excluding hydrogens is 234 g/mol. The zero-order chi connectivity index (χ0) is 12.0. The van der Waals surface area contributed by atoms with E-state index in [4.69, 9.17) is 10.8 Å². The third-order valence-electron chi connectivity index (χ3n) is 1.47. The van der Waals surface area contributed by atoms with Crippen molar-refractivity contribution in [2.75, 3.05) is 12.3 Å². The molecule has 0 saturated heterocycles. The lowest BCUT2D eigenvalue weighted by Gasteiger charge is -1.96. The second kappa shape index (κ2) is 5.81. The fourth-order valence-corrected chi connectivity index (χ4v) is 1.34. The Kier molecular flexibility index (Phi) is 4.40. The van der Waals surface area contributed by atoms with E-state index in [9.17, 15) is 9.59 Å². The molecule has 0 aliphatic carbocycles. The molecule has 3 N–H and O–H groups in total. The van der Waals surface area contributed by atoms with E-state index in [-0.39, 0.29) is 18.7 Å². The standard InChI is InChI=1S/C8H9N3O4S/c9-8-10-6(4-16-8)5(3-12)11-15-2-1-7(13)14/h3-4H,1-2H2,(H2,9,10)(H,13,14)/b11-5+. The van der Waals surface area contributed by atoms with Gasteiger partial charge in [0, 0.05) is 5.38 Å². The lowest BCUT2D eigenvalue weighted by Crippen LogP contribution is -2.06. The number of nitrogen functional groups attached to an aromatic ring is 1. The van der Waals surface area contributed by atoms with Gasteiger partial charge in [-0.2, -0.15) is 0 Å². The third kappa shape index (κ3) is 3.65. The average Bonchev–Trinajstić information content (AvgIpc) is 2.64. The van der Waals surface area contributed by atoms with Crippen LogP contribution in [0.2, 0.25) is 0 Å². The highest BCUT2D eigenvalue weighted by atomic mass is 32.1. The van der Waals surface area contributed by atoms with Gasteiger partial charge in [0.2, 0.25) is 0 Å². The van der Waals surface area contributed by atoms with Gasteiger partial charge in [0.25, 0.3) is 0 Å². The number of aliphatic carboxylic acids is 1. The van der Waals surface area contributed by atoms with Gasteiger partial charge < -0.3 is 15.7 Å². The fraction of sp³-hybridized carbons (Fsp3) is 0.250. The van der Waals surface area contributed by atoms with Crippen molar-refractivity contribution < 1.29 is 19.5 Å². The summed E-state index contributed by atoms with van der Waals surface area (Å²) in [4.78, 5) is 29.3. The molecule has 0 saturated carbocycles. The van der Waals surface area contributed by atoms with Crippen molar-refractivity contribution >= 4 is 34.4 Å². The summed E-state index contributed by atoms with van der Waals surface area (Å²) in [7, 11) is 0. The number of carboxylic acid groups (broad SMARTS) is 1. The lowest BCUT2D eigenvalue weighted by atomic mass is 10.3. The Balaban J connectivity index is 2.57. The van der Waals surface area contributed by atoms with E-state index < -0.39 is 5.97 Å². The van der Waals surface area contributed by atoms with Crippen LogP contribution in [0.25, 0.3) is 0 Å². The number of carboxylic acids is 1. The van der Waals surface area contributed by atoms with Crippen LogP contribution in [0.15, 0.2) is 10.5 Å². The number of oxime groups is 1. The maximum absolute atomic E-state index is 10.6. The van der Waals surface area contributed by atoms with Gasteiger partial charge in [-0.05, 0) is 0 Å². The molecule has 0 bridgehead atoms. The number of thiazole rings is 1. The fourth-order valence-electron chi connectivity index (χ4n) is 0.782. The van der Waals surface area contributed by atoms with Crippen molar-refractivity contribution in [3.63, 3.8) is 0 Å². The Labute approximate surface area is 94.5 Å². The van der Waals surface area contributed by atoms with Crippen molar-refractivity contribution in [3.8, 4) is 0 Å². The number of rotatable bonds is 6. The third-order valence-corrected chi connectivity index (χ3v) is 2.14. The summed E-state index contributed by atoms with van der Waals surface area (Å²) in [6.45, 7) is -0.105. The number of hydrogen-bond donors (Lipinski definition) is 2. The molecule has 8 heteroatoms.